The fourth-order valence-electron chi connectivity index (χ4n) is 2.60. The zero-order valence-electron chi connectivity index (χ0n) is 13.5. The lowest BCUT2D eigenvalue weighted by atomic mass is 10.1. The highest BCUT2D eigenvalue weighted by Crippen LogP contribution is 2.27. The minimum Gasteiger partial charge on any atom is -0.495 e. The second kappa shape index (κ2) is 6.05. The maximum Gasteiger partial charge on any atom is 0.328 e. The first-order chi connectivity index (χ1) is 11.4. The molecule has 0 bridgehead atoms. The van der Waals surface area contributed by atoms with Gasteiger partial charge in [-0.25, -0.2) is 4.79 Å². The maximum absolute atomic E-state index is 12.4. The lowest BCUT2D eigenvalue weighted by molar-refractivity contribution is 0.102. The van der Waals surface area contributed by atoms with Gasteiger partial charge >= 0.3 is 5.69 Å². The summed E-state index contributed by atoms with van der Waals surface area (Å²) in [6.07, 6.45) is 0. The van der Waals surface area contributed by atoms with Gasteiger partial charge in [-0.1, -0.05) is 11.6 Å². The molecule has 3 rings (SSSR count). The predicted octanol–water partition coefficient (Wildman–Crippen LogP) is 2.79. The molecule has 0 fully saturated rings. The first-order valence-electron chi connectivity index (χ1n) is 7.22. The lowest BCUT2D eigenvalue weighted by Gasteiger charge is -2.08. The molecule has 3 aromatic rings. The normalized spacial score (nSPS) is 10.8. The van der Waals surface area contributed by atoms with Crippen LogP contribution in [0.5, 0.6) is 5.75 Å². The Labute approximate surface area is 143 Å². The number of halogens is 1. The van der Waals surface area contributed by atoms with E-state index in [2.05, 4.69) is 5.32 Å². The van der Waals surface area contributed by atoms with Gasteiger partial charge < -0.3 is 10.1 Å². The molecule has 2 aromatic carbocycles. The number of methoxy groups -OCH3 is 1. The van der Waals surface area contributed by atoms with Crippen LogP contribution in [-0.2, 0) is 14.1 Å². The Morgan fingerprint density at radius 2 is 1.79 bits per heavy atom. The lowest BCUT2D eigenvalue weighted by Crippen LogP contribution is -2.19. The summed E-state index contributed by atoms with van der Waals surface area (Å²) in [6, 6.07) is 10.1. The van der Waals surface area contributed by atoms with Crippen LogP contribution in [0.3, 0.4) is 0 Å². The van der Waals surface area contributed by atoms with Gasteiger partial charge in [-0.3, -0.25) is 13.9 Å². The summed E-state index contributed by atoms with van der Waals surface area (Å²) in [5.41, 5.74) is 2.35. The average molecular weight is 346 g/mol. The standard InChI is InChI=1S/C17H16ClN3O3/c1-20-13-6-4-10(8-14(13)21(2)17(20)23)16(22)19-11-5-7-15(24-3)12(18)9-11/h4-9H,1-3H3,(H,19,22). The summed E-state index contributed by atoms with van der Waals surface area (Å²) in [5.74, 6) is 0.254. The summed E-state index contributed by atoms with van der Waals surface area (Å²) in [4.78, 5) is 24.4. The van der Waals surface area contributed by atoms with E-state index in [-0.39, 0.29) is 11.6 Å². The van der Waals surface area contributed by atoms with E-state index in [0.29, 0.717) is 27.5 Å². The van der Waals surface area contributed by atoms with Gasteiger partial charge in [-0.2, -0.15) is 0 Å². The van der Waals surface area contributed by atoms with E-state index in [9.17, 15) is 9.59 Å². The van der Waals surface area contributed by atoms with Gasteiger partial charge in [-0.05, 0) is 36.4 Å². The van der Waals surface area contributed by atoms with Crippen LogP contribution >= 0.6 is 11.6 Å². The van der Waals surface area contributed by atoms with Crippen LogP contribution in [0.4, 0.5) is 5.69 Å². The Bertz CT molecular complexity index is 1000. The summed E-state index contributed by atoms with van der Waals surface area (Å²) >= 11 is 6.06. The van der Waals surface area contributed by atoms with Crippen molar-refractivity contribution >= 4 is 34.2 Å². The number of imidazole rings is 1. The summed E-state index contributed by atoms with van der Waals surface area (Å²) in [5, 5.41) is 3.20. The van der Waals surface area contributed by atoms with Crippen molar-refractivity contribution in [1.82, 2.24) is 9.13 Å². The number of aromatic nitrogens is 2. The molecule has 1 aromatic heterocycles. The number of carbonyl (C=O) groups is 1. The first kappa shape index (κ1) is 16.1. The highest BCUT2D eigenvalue weighted by molar-refractivity contribution is 6.32. The Morgan fingerprint density at radius 1 is 1.08 bits per heavy atom. The average Bonchev–Trinajstić information content (AvgIpc) is 2.79. The minimum absolute atomic E-state index is 0.135. The SMILES string of the molecule is COc1ccc(NC(=O)c2ccc3c(c2)n(C)c(=O)n3C)cc1Cl. The molecular formula is C17H16ClN3O3. The molecule has 24 heavy (non-hydrogen) atoms. The molecule has 0 aliphatic heterocycles. The number of benzene rings is 2. The molecule has 0 aliphatic carbocycles. The van der Waals surface area contributed by atoms with Crippen molar-refractivity contribution in [1.29, 1.82) is 0 Å². The van der Waals surface area contributed by atoms with Crippen molar-refractivity contribution in [2.75, 3.05) is 12.4 Å². The number of carbonyl (C=O) groups excluding carboxylic acids is 1. The zero-order valence-corrected chi connectivity index (χ0v) is 14.2. The molecule has 1 heterocycles. The molecular weight excluding hydrogens is 330 g/mol. The fraction of sp³-hybridized carbons (Fsp3) is 0.176. The largest absolute Gasteiger partial charge is 0.495 e. The molecule has 124 valence electrons. The van der Waals surface area contributed by atoms with Crippen molar-refractivity contribution in [2.24, 2.45) is 14.1 Å². The first-order valence-corrected chi connectivity index (χ1v) is 7.60. The second-order valence-electron chi connectivity index (χ2n) is 5.41. The smallest absolute Gasteiger partial charge is 0.328 e. The molecule has 0 radical (unpaired) electrons. The number of nitrogens with zero attached hydrogens (tertiary/aromatic N) is 2. The number of rotatable bonds is 3. The zero-order chi connectivity index (χ0) is 17.4. The van der Waals surface area contributed by atoms with Crippen molar-refractivity contribution < 1.29 is 9.53 Å². The highest BCUT2D eigenvalue weighted by Gasteiger charge is 2.12. The van der Waals surface area contributed by atoms with Crippen molar-refractivity contribution in [3.05, 3.63) is 57.5 Å². The maximum atomic E-state index is 12.4. The molecule has 7 heteroatoms. The quantitative estimate of drug-likeness (QED) is 0.793. The summed E-state index contributed by atoms with van der Waals surface area (Å²) in [7, 11) is 4.90. The predicted molar refractivity (Wildman–Crippen MR) is 94.1 cm³/mol. The van der Waals surface area contributed by atoms with Crippen molar-refractivity contribution in [3.8, 4) is 5.75 Å². The van der Waals surface area contributed by atoms with Crippen LogP contribution in [0.2, 0.25) is 5.02 Å². The van der Waals surface area contributed by atoms with Gasteiger partial charge in [0, 0.05) is 25.3 Å². The second-order valence-corrected chi connectivity index (χ2v) is 5.81. The van der Waals surface area contributed by atoms with Crippen molar-refractivity contribution in [3.63, 3.8) is 0 Å². The molecule has 6 nitrogen and oxygen atoms in total. The monoisotopic (exact) mass is 345 g/mol. The summed E-state index contributed by atoms with van der Waals surface area (Å²) < 4.78 is 8.14. The van der Waals surface area contributed by atoms with Gasteiger partial charge in [0.2, 0.25) is 0 Å². The Balaban J connectivity index is 1.93. The van der Waals surface area contributed by atoms with E-state index in [0.717, 1.165) is 5.52 Å². The number of ether oxygens (including phenoxy) is 1. The van der Waals surface area contributed by atoms with Crippen LogP contribution in [0.15, 0.2) is 41.2 Å². The third-order valence-corrected chi connectivity index (χ3v) is 4.24. The van der Waals surface area contributed by atoms with Gasteiger partial charge in [0.1, 0.15) is 5.75 Å². The molecule has 0 unspecified atom stereocenters. The molecule has 0 atom stereocenters. The van der Waals surface area contributed by atoms with E-state index in [4.69, 9.17) is 16.3 Å². The van der Waals surface area contributed by atoms with Crippen LogP contribution in [0, 0.1) is 0 Å². The van der Waals surface area contributed by atoms with Gasteiger partial charge in [-0.15, -0.1) is 0 Å². The minimum atomic E-state index is -0.283. The number of hydrogen-bond acceptors (Lipinski definition) is 3. The topological polar surface area (TPSA) is 65.3 Å². The van der Waals surface area contributed by atoms with Crippen LogP contribution in [0.25, 0.3) is 11.0 Å². The molecule has 0 spiro atoms. The number of aryl methyl sites for hydroxylation is 2. The van der Waals surface area contributed by atoms with Crippen LogP contribution < -0.4 is 15.7 Å². The van der Waals surface area contributed by atoms with E-state index in [1.54, 1.807) is 55.1 Å². The Kier molecular flexibility index (Phi) is 4.07. The summed E-state index contributed by atoms with van der Waals surface area (Å²) in [6.45, 7) is 0. The van der Waals surface area contributed by atoms with Gasteiger partial charge in [0.05, 0.1) is 23.2 Å². The highest BCUT2D eigenvalue weighted by atomic mass is 35.5. The Morgan fingerprint density at radius 3 is 2.46 bits per heavy atom. The van der Waals surface area contributed by atoms with Gasteiger partial charge in [0.15, 0.2) is 0 Å². The fourth-order valence-corrected chi connectivity index (χ4v) is 2.85. The molecule has 1 N–H and O–H groups in total. The van der Waals surface area contributed by atoms with Crippen LogP contribution in [0.1, 0.15) is 10.4 Å². The number of hydrogen-bond donors (Lipinski definition) is 1. The number of amides is 1. The molecule has 0 saturated carbocycles. The number of anilines is 1. The number of nitrogens with one attached hydrogen (secondary N) is 1. The van der Waals surface area contributed by atoms with E-state index >= 15 is 0 Å². The molecule has 1 amide bonds. The third kappa shape index (κ3) is 2.65. The number of fused-ring (bicyclic) bond motifs is 1. The Hall–Kier alpha value is -2.73. The van der Waals surface area contributed by atoms with Crippen molar-refractivity contribution in [2.45, 2.75) is 0 Å². The van der Waals surface area contributed by atoms with Crippen LogP contribution in [-0.4, -0.2) is 22.2 Å². The van der Waals surface area contributed by atoms with E-state index in [1.165, 1.54) is 11.7 Å². The van der Waals surface area contributed by atoms with E-state index in [1.807, 2.05) is 0 Å². The molecule has 0 aliphatic rings. The van der Waals surface area contributed by atoms with E-state index < -0.39 is 0 Å². The third-order valence-electron chi connectivity index (χ3n) is 3.94. The molecule has 0 saturated heterocycles. The van der Waals surface area contributed by atoms with Gasteiger partial charge in [0.25, 0.3) is 5.91 Å².